The van der Waals surface area contributed by atoms with E-state index in [0.29, 0.717) is 11.0 Å². The summed E-state index contributed by atoms with van der Waals surface area (Å²) in [6.07, 6.45) is 8.47. The number of nitrogens with zero attached hydrogens (tertiary/aromatic N) is 3. The van der Waals surface area contributed by atoms with Gasteiger partial charge in [-0.1, -0.05) is 0 Å². The van der Waals surface area contributed by atoms with E-state index >= 15 is 0 Å². The van der Waals surface area contributed by atoms with Crippen LogP contribution >= 0.6 is 0 Å². The number of ether oxygens (including phenoxy) is 1. The van der Waals surface area contributed by atoms with Crippen LogP contribution in [-0.4, -0.2) is 84.8 Å². The third-order valence-electron chi connectivity index (χ3n) is 7.86. The van der Waals surface area contributed by atoms with Gasteiger partial charge in [-0.15, -0.1) is 0 Å². The Morgan fingerprint density at radius 1 is 0.759 bits per heavy atom. The lowest BCUT2D eigenvalue weighted by Crippen LogP contribution is -2.52. The highest BCUT2D eigenvalue weighted by molar-refractivity contribution is 4.93. The highest BCUT2D eigenvalue weighted by Crippen LogP contribution is 2.42. The van der Waals surface area contributed by atoms with Crippen molar-refractivity contribution in [2.24, 2.45) is 11.3 Å². The zero-order valence-corrected chi connectivity index (χ0v) is 20.4. The van der Waals surface area contributed by atoms with E-state index in [4.69, 9.17) is 4.74 Å². The highest BCUT2D eigenvalue weighted by Gasteiger charge is 2.39. The first-order valence-corrected chi connectivity index (χ1v) is 12.4. The standard InChI is InChI=1S/C25H49N3O/c1-23(2,3)28-17-11-25(12-18-28)9-15-27(16-10-25)21-22-7-13-26(14-8-22)19-20-29-24(4,5)6/h22H,7-21H2,1-6H3. The van der Waals surface area contributed by atoms with Gasteiger partial charge >= 0.3 is 0 Å². The minimum Gasteiger partial charge on any atom is -0.375 e. The molecule has 0 radical (unpaired) electrons. The lowest BCUT2D eigenvalue weighted by atomic mass is 9.70. The van der Waals surface area contributed by atoms with Crippen LogP contribution < -0.4 is 0 Å². The minimum atomic E-state index is -0.00664. The van der Waals surface area contributed by atoms with Gasteiger partial charge in [0.15, 0.2) is 0 Å². The molecule has 0 unspecified atom stereocenters. The van der Waals surface area contributed by atoms with Crippen molar-refractivity contribution in [2.45, 2.75) is 91.2 Å². The Labute approximate surface area is 181 Å². The van der Waals surface area contributed by atoms with Gasteiger partial charge in [0.25, 0.3) is 0 Å². The number of hydrogen-bond donors (Lipinski definition) is 0. The second-order valence-corrected chi connectivity index (χ2v) is 12.2. The summed E-state index contributed by atoms with van der Waals surface area (Å²) in [5, 5.41) is 0. The van der Waals surface area contributed by atoms with E-state index in [1.165, 1.54) is 84.3 Å². The molecule has 0 saturated carbocycles. The van der Waals surface area contributed by atoms with Crippen molar-refractivity contribution in [1.29, 1.82) is 0 Å². The van der Waals surface area contributed by atoms with Crippen LogP contribution in [0.15, 0.2) is 0 Å². The summed E-state index contributed by atoms with van der Waals surface area (Å²) in [6, 6.07) is 0. The summed E-state index contributed by atoms with van der Waals surface area (Å²) in [4.78, 5) is 8.10. The van der Waals surface area contributed by atoms with Gasteiger partial charge in [0, 0.05) is 18.6 Å². The fourth-order valence-electron chi connectivity index (χ4n) is 5.60. The average Bonchev–Trinajstić information content (AvgIpc) is 2.64. The molecular weight excluding hydrogens is 358 g/mol. The summed E-state index contributed by atoms with van der Waals surface area (Å²) in [6.45, 7) is 24.7. The van der Waals surface area contributed by atoms with Gasteiger partial charge in [-0.3, -0.25) is 4.90 Å². The first-order chi connectivity index (χ1) is 13.5. The van der Waals surface area contributed by atoms with E-state index in [0.717, 1.165) is 19.1 Å². The molecule has 1 spiro atoms. The van der Waals surface area contributed by atoms with Crippen molar-refractivity contribution in [3.8, 4) is 0 Å². The summed E-state index contributed by atoms with van der Waals surface area (Å²) < 4.78 is 5.91. The monoisotopic (exact) mass is 407 g/mol. The SMILES string of the molecule is CC(C)(C)OCCN1CCC(CN2CCC3(CC2)CCN(C(C)(C)C)CC3)CC1. The minimum absolute atomic E-state index is 0.00664. The van der Waals surface area contributed by atoms with Crippen LogP contribution in [0.5, 0.6) is 0 Å². The maximum Gasteiger partial charge on any atom is 0.0600 e. The topological polar surface area (TPSA) is 19.0 Å². The van der Waals surface area contributed by atoms with E-state index in [9.17, 15) is 0 Å². The Bertz CT molecular complexity index is 481. The summed E-state index contributed by atoms with van der Waals surface area (Å²) in [7, 11) is 0. The molecule has 0 N–H and O–H groups in total. The van der Waals surface area contributed by atoms with E-state index in [2.05, 4.69) is 56.2 Å². The van der Waals surface area contributed by atoms with E-state index in [1.54, 1.807) is 0 Å². The molecule has 0 atom stereocenters. The highest BCUT2D eigenvalue weighted by atomic mass is 16.5. The third kappa shape index (κ3) is 7.19. The lowest BCUT2D eigenvalue weighted by Gasteiger charge is -2.50. The van der Waals surface area contributed by atoms with Gasteiger partial charge < -0.3 is 14.5 Å². The Hall–Kier alpha value is -0.160. The van der Waals surface area contributed by atoms with Crippen LogP contribution in [0, 0.1) is 11.3 Å². The Morgan fingerprint density at radius 2 is 1.31 bits per heavy atom. The molecule has 29 heavy (non-hydrogen) atoms. The van der Waals surface area contributed by atoms with Crippen LogP contribution in [0.3, 0.4) is 0 Å². The van der Waals surface area contributed by atoms with Crippen LogP contribution in [0.2, 0.25) is 0 Å². The van der Waals surface area contributed by atoms with Gasteiger partial charge in [0.2, 0.25) is 0 Å². The van der Waals surface area contributed by atoms with Gasteiger partial charge in [-0.05, 0) is 131 Å². The maximum atomic E-state index is 5.91. The van der Waals surface area contributed by atoms with Crippen molar-refractivity contribution in [2.75, 3.05) is 59.0 Å². The molecular formula is C25H49N3O. The quantitative estimate of drug-likeness (QED) is 0.668. The number of hydrogen-bond acceptors (Lipinski definition) is 4. The predicted octanol–water partition coefficient (Wildman–Crippen LogP) is 4.49. The van der Waals surface area contributed by atoms with Crippen molar-refractivity contribution in [1.82, 2.24) is 14.7 Å². The van der Waals surface area contributed by atoms with Crippen molar-refractivity contribution in [3.63, 3.8) is 0 Å². The molecule has 0 aliphatic carbocycles. The Balaban J connectivity index is 1.32. The second-order valence-electron chi connectivity index (χ2n) is 12.2. The van der Waals surface area contributed by atoms with Crippen LogP contribution in [0.4, 0.5) is 0 Å². The molecule has 0 aromatic carbocycles. The number of rotatable bonds is 5. The molecule has 3 fully saturated rings. The van der Waals surface area contributed by atoms with E-state index in [-0.39, 0.29) is 5.60 Å². The number of likely N-dealkylation sites (tertiary alicyclic amines) is 3. The summed E-state index contributed by atoms with van der Waals surface area (Å²) in [5.74, 6) is 0.909. The molecule has 0 amide bonds. The molecule has 3 aliphatic rings. The zero-order valence-electron chi connectivity index (χ0n) is 20.4. The molecule has 4 nitrogen and oxygen atoms in total. The van der Waals surface area contributed by atoms with Gasteiger partial charge in [0.05, 0.1) is 12.2 Å². The molecule has 0 aromatic rings. The maximum absolute atomic E-state index is 5.91. The van der Waals surface area contributed by atoms with Crippen molar-refractivity contribution in [3.05, 3.63) is 0 Å². The zero-order chi connectivity index (χ0) is 21.1. The normalized spacial score (nSPS) is 26.3. The molecule has 3 rings (SSSR count). The Morgan fingerprint density at radius 3 is 1.83 bits per heavy atom. The molecule has 3 saturated heterocycles. The first-order valence-electron chi connectivity index (χ1n) is 12.4. The molecule has 0 aromatic heterocycles. The number of piperidine rings is 3. The molecule has 170 valence electrons. The van der Waals surface area contributed by atoms with Crippen LogP contribution in [0.25, 0.3) is 0 Å². The molecule has 3 aliphatic heterocycles. The fraction of sp³-hybridized carbons (Fsp3) is 1.00. The molecule has 3 heterocycles. The predicted molar refractivity (Wildman–Crippen MR) is 124 cm³/mol. The van der Waals surface area contributed by atoms with Gasteiger partial charge in [-0.2, -0.15) is 0 Å². The van der Waals surface area contributed by atoms with Crippen molar-refractivity contribution < 1.29 is 4.74 Å². The van der Waals surface area contributed by atoms with Gasteiger partial charge in [-0.25, -0.2) is 0 Å². The smallest absolute Gasteiger partial charge is 0.0600 e. The lowest BCUT2D eigenvalue weighted by molar-refractivity contribution is -0.0184. The molecule has 0 bridgehead atoms. The van der Waals surface area contributed by atoms with E-state index < -0.39 is 0 Å². The van der Waals surface area contributed by atoms with E-state index in [1.807, 2.05) is 0 Å². The fourth-order valence-corrected chi connectivity index (χ4v) is 5.60. The third-order valence-corrected chi connectivity index (χ3v) is 7.86. The van der Waals surface area contributed by atoms with Crippen LogP contribution in [-0.2, 0) is 4.74 Å². The average molecular weight is 408 g/mol. The van der Waals surface area contributed by atoms with Crippen LogP contribution in [0.1, 0.15) is 80.1 Å². The summed E-state index contributed by atoms with van der Waals surface area (Å²) >= 11 is 0. The second kappa shape index (κ2) is 9.54. The van der Waals surface area contributed by atoms with Gasteiger partial charge in [0.1, 0.15) is 0 Å². The summed E-state index contributed by atoms with van der Waals surface area (Å²) in [5.41, 5.74) is 0.998. The van der Waals surface area contributed by atoms with Crippen molar-refractivity contribution >= 4 is 0 Å². The first kappa shape index (κ1) is 23.5. The Kier molecular flexibility index (Phi) is 7.73. The largest absolute Gasteiger partial charge is 0.375 e. The molecule has 4 heteroatoms.